The molecule has 4 nitrogen and oxygen atoms in total. The van der Waals surface area contributed by atoms with Crippen molar-refractivity contribution in [2.45, 2.75) is 65.3 Å². The molecule has 1 N–H and O–H groups in total. The van der Waals surface area contributed by atoms with Gasteiger partial charge in [-0.15, -0.1) is 0 Å². The van der Waals surface area contributed by atoms with Gasteiger partial charge in [0.15, 0.2) is 0 Å². The third kappa shape index (κ3) is 10.4. The van der Waals surface area contributed by atoms with E-state index in [0.29, 0.717) is 0 Å². The highest BCUT2D eigenvalue weighted by molar-refractivity contribution is 5.94. The Morgan fingerprint density at radius 3 is 2.12 bits per heavy atom. The Hall–Kier alpha value is -2.17. The maximum atomic E-state index is 12.4. The van der Waals surface area contributed by atoms with Gasteiger partial charge in [-0.25, -0.2) is 0 Å². The van der Waals surface area contributed by atoms with Crippen molar-refractivity contribution in [3.63, 3.8) is 0 Å². The van der Waals surface area contributed by atoms with Crippen molar-refractivity contribution in [2.75, 3.05) is 32.8 Å². The lowest BCUT2D eigenvalue weighted by Crippen LogP contribution is -2.30. The van der Waals surface area contributed by atoms with Crippen molar-refractivity contribution in [2.24, 2.45) is 0 Å². The van der Waals surface area contributed by atoms with Gasteiger partial charge in [-0.1, -0.05) is 55.3 Å². The fourth-order valence-electron chi connectivity index (χ4n) is 3.78. The fraction of sp³-hybridized carbons (Fsp3) is 0.536. The first-order valence-corrected chi connectivity index (χ1v) is 12.4. The highest BCUT2D eigenvalue weighted by atomic mass is 16.5. The first kappa shape index (κ1) is 26.1. The number of rotatable bonds is 17. The van der Waals surface area contributed by atoms with E-state index in [1.807, 2.05) is 30.9 Å². The van der Waals surface area contributed by atoms with Crippen LogP contribution >= 0.6 is 0 Å². The number of hydrogen-bond donors (Lipinski definition) is 1. The van der Waals surface area contributed by atoms with Crippen LogP contribution in [0.15, 0.2) is 54.6 Å². The molecule has 4 heteroatoms. The van der Waals surface area contributed by atoms with Gasteiger partial charge in [0.25, 0.3) is 5.91 Å². The molecular weight excluding hydrogens is 396 g/mol. The first-order valence-electron chi connectivity index (χ1n) is 12.4. The summed E-state index contributed by atoms with van der Waals surface area (Å²) < 4.78 is 5.79. The Kier molecular flexibility index (Phi) is 13.4. The van der Waals surface area contributed by atoms with Crippen LogP contribution in [0.5, 0.6) is 0 Å². The molecule has 0 atom stereocenters. The van der Waals surface area contributed by atoms with Crippen LogP contribution in [0.2, 0.25) is 0 Å². The molecule has 0 aliphatic rings. The highest BCUT2D eigenvalue weighted by Gasteiger charge is 2.11. The number of carbonyl (C=O) groups is 1. The number of nitrogens with zero attached hydrogens (tertiary/aromatic N) is 1. The molecule has 0 bridgehead atoms. The Balaban J connectivity index is 1.41. The summed E-state index contributed by atoms with van der Waals surface area (Å²) in [6.07, 6.45) is 8.13. The van der Waals surface area contributed by atoms with Crippen molar-refractivity contribution in [3.05, 3.63) is 71.3 Å². The average molecular weight is 439 g/mol. The summed E-state index contributed by atoms with van der Waals surface area (Å²) in [7, 11) is 0. The quantitative estimate of drug-likeness (QED) is 0.315. The monoisotopic (exact) mass is 438 g/mol. The topological polar surface area (TPSA) is 41.6 Å². The summed E-state index contributed by atoms with van der Waals surface area (Å²) in [4.78, 5) is 14.2. The van der Waals surface area contributed by atoms with E-state index in [1.165, 1.54) is 30.4 Å². The molecule has 176 valence electrons. The van der Waals surface area contributed by atoms with Gasteiger partial charge >= 0.3 is 0 Å². The molecule has 0 aliphatic carbocycles. The molecule has 32 heavy (non-hydrogen) atoms. The van der Waals surface area contributed by atoms with E-state index in [1.54, 1.807) is 0 Å². The Morgan fingerprint density at radius 2 is 1.44 bits per heavy atom. The number of ether oxygens (including phenoxy) is 1. The van der Waals surface area contributed by atoms with Crippen LogP contribution in [-0.2, 0) is 17.7 Å². The van der Waals surface area contributed by atoms with Crippen LogP contribution in [0, 0.1) is 0 Å². The molecule has 0 heterocycles. The van der Waals surface area contributed by atoms with Crippen LogP contribution in [-0.4, -0.2) is 43.7 Å². The standard InChI is InChI=1S/C28H42N2O2/c1-3-30(4-2)28(31)27-19-17-25(18-20-27)14-10-13-23-32-22-12-6-5-11-21-29-24-26-15-8-7-9-16-26/h7-9,15-20,29H,3-6,10-14,21-24H2,1-2H3. The lowest BCUT2D eigenvalue weighted by molar-refractivity contribution is 0.0773. The molecule has 2 aromatic carbocycles. The number of hydrogen-bond acceptors (Lipinski definition) is 3. The zero-order valence-corrected chi connectivity index (χ0v) is 20.2. The Morgan fingerprint density at radius 1 is 0.781 bits per heavy atom. The molecule has 2 rings (SSSR count). The average Bonchev–Trinajstić information content (AvgIpc) is 2.83. The number of carbonyl (C=O) groups excluding carboxylic acids is 1. The summed E-state index contributed by atoms with van der Waals surface area (Å²) in [5, 5.41) is 3.51. The first-order chi connectivity index (χ1) is 15.7. The molecule has 0 saturated heterocycles. The molecule has 0 aromatic heterocycles. The van der Waals surface area contributed by atoms with Crippen LogP contribution in [0.1, 0.15) is 73.9 Å². The zero-order valence-electron chi connectivity index (χ0n) is 20.2. The zero-order chi connectivity index (χ0) is 22.9. The number of nitrogens with one attached hydrogen (secondary N) is 1. The number of aryl methyl sites for hydroxylation is 1. The van der Waals surface area contributed by atoms with E-state index in [4.69, 9.17) is 4.74 Å². The minimum atomic E-state index is 0.124. The predicted molar refractivity (Wildman–Crippen MR) is 134 cm³/mol. The lowest BCUT2D eigenvalue weighted by atomic mass is 10.1. The third-order valence-electron chi connectivity index (χ3n) is 5.82. The van der Waals surface area contributed by atoms with Gasteiger partial charge in [0.05, 0.1) is 0 Å². The summed E-state index contributed by atoms with van der Waals surface area (Å²) in [6.45, 7) is 9.30. The molecule has 0 fully saturated rings. The Labute approximate surface area is 195 Å². The molecule has 0 saturated carbocycles. The van der Waals surface area contributed by atoms with Gasteiger partial charge in [-0.3, -0.25) is 4.79 Å². The number of unbranched alkanes of at least 4 members (excludes halogenated alkanes) is 4. The van der Waals surface area contributed by atoms with Gasteiger partial charge in [0.1, 0.15) is 0 Å². The van der Waals surface area contributed by atoms with E-state index >= 15 is 0 Å². The molecule has 2 aromatic rings. The molecular formula is C28H42N2O2. The Bertz CT molecular complexity index is 727. The highest BCUT2D eigenvalue weighted by Crippen LogP contribution is 2.11. The second-order valence-electron chi connectivity index (χ2n) is 8.32. The summed E-state index contributed by atoms with van der Waals surface area (Å²) in [6, 6.07) is 18.7. The second-order valence-corrected chi connectivity index (χ2v) is 8.32. The SMILES string of the molecule is CCN(CC)C(=O)c1ccc(CCCCOCCCCCCNCc2ccccc2)cc1. The minimum Gasteiger partial charge on any atom is -0.381 e. The van der Waals surface area contributed by atoms with Gasteiger partial charge in [-0.05, 0) is 75.8 Å². The number of amides is 1. The van der Waals surface area contributed by atoms with Crippen molar-refractivity contribution in [1.82, 2.24) is 10.2 Å². The van der Waals surface area contributed by atoms with Gasteiger partial charge in [-0.2, -0.15) is 0 Å². The van der Waals surface area contributed by atoms with Crippen LogP contribution in [0.4, 0.5) is 0 Å². The van der Waals surface area contributed by atoms with Gasteiger partial charge in [0, 0.05) is 38.4 Å². The smallest absolute Gasteiger partial charge is 0.253 e. The van der Waals surface area contributed by atoms with E-state index in [0.717, 1.165) is 70.6 Å². The van der Waals surface area contributed by atoms with E-state index in [9.17, 15) is 4.79 Å². The van der Waals surface area contributed by atoms with E-state index < -0.39 is 0 Å². The van der Waals surface area contributed by atoms with Crippen LogP contribution in [0.25, 0.3) is 0 Å². The fourth-order valence-corrected chi connectivity index (χ4v) is 3.78. The van der Waals surface area contributed by atoms with Crippen molar-refractivity contribution in [3.8, 4) is 0 Å². The number of benzene rings is 2. The third-order valence-corrected chi connectivity index (χ3v) is 5.82. The maximum Gasteiger partial charge on any atom is 0.253 e. The lowest BCUT2D eigenvalue weighted by Gasteiger charge is -2.18. The summed E-state index contributed by atoms with van der Waals surface area (Å²) in [5.74, 6) is 0.124. The molecule has 1 amide bonds. The van der Waals surface area contributed by atoms with E-state index in [-0.39, 0.29) is 5.91 Å². The second kappa shape index (κ2) is 16.5. The molecule has 0 spiro atoms. The normalized spacial score (nSPS) is 10.9. The summed E-state index contributed by atoms with van der Waals surface area (Å²) >= 11 is 0. The summed E-state index contributed by atoms with van der Waals surface area (Å²) in [5.41, 5.74) is 3.43. The van der Waals surface area contributed by atoms with E-state index in [2.05, 4.69) is 47.8 Å². The van der Waals surface area contributed by atoms with Crippen molar-refractivity contribution < 1.29 is 9.53 Å². The molecule has 0 aliphatic heterocycles. The van der Waals surface area contributed by atoms with Crippen LogP contribution in [0.3, 0.4) is 0 Å². The van der Waals surface area contributed by atoms with Crippen molar-refractivity contribution >= 4 is 5.91 Å². The maximum absolute atomic E-state index is 12.4. The molecule has 0 unspecified atom stereocenters. The van der Waals surface area contributed by atoms with Crippen LogP contribution < -0.4 is 5.32 Å². The molecule has 0 radical (unpaired) electrons. The van der Waals surface area contributed by atoms with Gasteiger partial charge in [0.2, 0.25) is 0 Å². The van der Waals surface area contributed by atoms with Gasteiger partial charge < -0.3 is 15.0 Å². The predicted octanol–water partition coefficient (Wildman–Crippen LogP) is 5.86. The largest absolute Gasteiger partial charge is 0.381 e. The van der Waals surface area contributed by atoms with Crippen molar-refractivity contribution in [1.29, 1.82) is 0 Å². The minimum absolute atomic E-state index is 0.124.